The van der Waals surface area contributed by atoms with Crippen molar-refractivity contribution in [3.8, 4) is 0 Å². The van der Waals surface area contributed by atoms with Gasteiger partial charge in [-0.05, 0) is 40.7 Å². The third-order valence-electron chi connectivity index (χ3n) is 2.58. The van der Waals surface area contributed by atoms with Gasteiger partial charge in [0.15, 0.2) is 0 Å². The molecule has 0 fully saturated rings. The standard InChI is InChI=1S/C11H25NO2/c1-6-14-9-10(12-4)7-8-11(2,3)13-5/h10,12H,6-9H2,1-5H3. The number of nitrogens with one attached hydrogen (secondary N) is 1. The molecular formula is C11H25NO2. The minimum absolute atomic E-state index is 0.0265. The topological polar surface area (TPSA) is 30.5 Å². The fourth-order valence-electron chi connectivity index (χ4n) is 1.20. The van der Waals surface area contributed by atoms with Crippen molar-refractivity contribution in [3.05, 3.63) is 0 Å². The van der Waals surface area contributed by atoms with Crippen molar-refractivity contribution in [2.75, 3.05) is 27.4 Å². The molecule has 0 saturated carbocycles. The molecule has 86 valence electrons. The van der Waals surface area contributed by atoms with E-state index >= 15 is 0 Å². The summed E-state index contributed by atoms with van der Waals surface area (Å²) < 4.78 is 10.8. The first-order valence-corrected chi connectivity index (χ1v) is 5.36. The quantitative estimate of drug-likeness (QED) is 0.652. The van der Waals surface area contributed by atoms with Gasteiger partial charge in [-0.15, -0.1) is 0 Å². The van der Waals surface area contributed by atoms with Gasteiger partial charge < -0.3 is 14.8 Å². The highest BCUT2D eigenvalue weighted by molar-refractivity contribution is 4.73. The maximum atomic E-state index is 5.38. The van der Waals surface area contributed by atoms with Crippen LogP contribution in [0.25, 0.3) is 0 Å². The molecule has 0 aromatic rings. The Balaban J connectivity index is 3.71. The highest BCUT2D eigenvalue weighted by atomic mass is 16.5. The van der Waals surface area contributed by atoms with Gasteiger partial charge in [0.1, 0.15) is 0 Å². The molecular weight excluding hydrogens is 178 g/mol. The fourth-order valence-corrected chi connectivity index (χ4v) is 1.20. The second-order valence-corrected chi connectivity index (χ2v) is 4.15. The Kier molecular flexibility index (Phi) is 7.15. The van der Waals surface area contributed by atoms with Gasteiger partial charge in [0.25, 0.3) is 0 Å². The maximum Gasteiger partial charge on any atom is 0.0623 e. The summed E-state index contributed by atoms with van der Waals surface area (Å²) in [7, 11) is 3.74. The highest BCUT2D eigenvalue weighted by Crippen LogP contribution is 2.16. The van der Waals surface area contributed by atoms with Crippen molar-refractivity contribution in [2.24, 2.45) is 0 Å². The van der Waals surface area contributed by atoms with Crippen molar-refractivity contribution >= 4 is 0 Å². The van der Waals surface area contributed by atoms with Crippen LogP contribution in [0.2, 0.25) is 0 Å². The van der Waals surface area contributed by atoms with Crippen molar-refractivity contribution in [2.45, 2.75) is 45.3 Å². The van der Waals surface area contributed by atoms with Crippen molar-refractivity contribution in [1.29, 1.82) is 0 Å². The molecule has 14 heavy (non-hydrogen) atoms. The predicted molar refractivity (Wildman–Crippen MR) is 59.7 cm³/mol. The normalized spacial score (nSPS) is 14.4. The predicted octanol–water partition coefficient (Wildman–Crippen LogP) is 1.82. The average Bonchev–Trinajstić information content (AvgIpc) is 2.18. The van der Waals surface area contributed by atoms with Crippen molar-refractivity contribution in [3.63, 3.8) is 0 Å². The van der Waals surface area contributed by atoms with Gasteiger partial charge in [-0.2, -0.15) is 0 Å². The number of hydrogen-bond acceptors (Lipinski definition) is 3. The van der Waals surface area contributed by atoms with Crippen LogP contribution in [-0.4, -0.2) is 39.0 Å². The highest BCUT2D eigenvalue weighted by Gasteiger charge is 2.18. The second kappa shape index (κ2) is 7.21. The molecule has 0 aliphatic carbocycles. The summed E-state index contributed by atoms with van der Waals surface area (Å²) in [6.07, 6.45) is 2.12. The molecule has 0 bridgehead atoms. The van der Waals surface area contributed by atoms with E-state index in [4.69, 9.17) is 9.47 Å². The van der Waals surface area contributed by atoms with Gasteiger partial charge in [0, 0.05) is 19.8 Å². The lowest BCUT2D eigenvalue weighted by Gasteiger charge is -2.25. The molecule has 0 heterocycles. The first-order chi connectivity index (χ1) is 6.55. The van der Waals surface area contributed by atoms with Crippen LogP contribution in [0.1, 0.15) is 33.6 Å². The lowest BCUT2D eigenvalue weighted by molar-refractivity contribution is 0.00873. The van der Waals surface area contributed by atoms with E-state index in [9.17, 15) is 0 Å². The molecule has 0 aromatic heterocycles. The molecule has 1 atom stereocenters. The lowest BCUT2D eigenvalue weighted by atomic mass is 9.99. The maximum absolute atomic E-state index is 5.38. The number of methoxy groups -OCH3 is 1. The second-order valence-electron chi connectivity index (χ2n) is 4.15. The molecule has 1 unspecified atom stereocenters. The average molecular weight is 203 g/mol. The molecule has 0 radical (unpaired) electrons. The summed E-state index contributed by atoms with van der Waals surface area (Å²) >= 11 is 0. The van der Waals surface area contributed by atoms with E-state index < -0.39 is 0 Å². The van der Waals surface area contributed by atoms with Gasteiger partial charge in [0.2, 0.25) is 0 Å². The zero-order valence-corrected chi connectivity index (χ0v) is 10.2. The Morgan fingerprint density at radius 3 is 2.43 bits per heavy atom. The van der Waals surface area contributed by atoms with Gasteiger partial charge in [0.05, 0.1) is 12.2 Å². The molecule has 0 rings (SSSR count). The van der Waals surface area contributed by atoms with Gasteiger partial charge in [-0.3, -0.25) is 0 Å². The molecule has 3 nitrogen and oxygen atoms in total. The smallest absolute Gasteiger partial charge is 0.0623 e. The lowest BCUT2D eigenvalue weighted by Crippen LogP contribution is -2.33. The van der Waals surface area contributed by atoms with Crippen molar-refractivity contribution in [1.82, 2.24) is 5.32 Å². The van der Waals surface area contributed by atoms with Crippen LogP contribution in [0.15, 0.2) is 0 Å². The first kappa shape index (κ1) is 13.9. The Labute approximate surface area is 88.2 Å². The van der Waals surface area contributed by atoms with E-state index in [-0.39, 0.29) is 5.60 Å². The molecule has 0 aliphatic rings. The molecule has 0 spiro atoms. The zero-order chi connectivity index (χ0) is 11.0. The van der Waals surface area contributed by atoms with Crippen LogP contribution in [0.4, 0.5) is 0 Å². The molecule has 0 amide bonds. The molecule has 0 aromatic carbocycles. The van der Waals surface area contributed by atoms with E-state index in [2.05, 4.69) is 19.2 Å². The zero-order valence-electron chi connectivity index (χ0n) is 10.2. The number of ether oxygens (including phenoxy) is 2. The van der Waals surface area contributed by atoms with E-state index in [1.165, 1.54) is 0 Å². The molecule has 0 saturated heterocycles. The van der Waals surface area contributed by atoms with Gasteiger partial charge >= 0.3 is 0 Å². The van der Waals surface area contributed by atoms with Gasteiger partial charge in [-0.25, -0.2) is 0 Å². The van der Waals surface area contributed by atoms with Crippen LogP contribution >= 0.6 is 0 Å². The summed E-state index contributed by atoms with van der Waals surface area (Å²) in [5, 5.41) is 3.25. The fraction of sp³-hybridized carbons (Fsp3) is 1.00. The minimum atomic E-state index is -0.0265. The van der Waals surface area contributed by atoms with Crippen molar-refractivity contribution < 1.29 is 9.47 Å². The van der Waals surface area contributed by atoms with E-state index in [1.807, 2.05) is 14.0 Å². The Hall–Kier alpha value is -0.120. The first-order valence-electron chi connectivity index (χ1n) is 5.36. The van der Waals surface area contributed by atoms with E-state index in [0.717, 1.165) is 26.1 Å². The van der Waals surface area contributed by atoms with Crippen LogP contribution in [0, 0.1) is 0 Å². The number of likely N-dealkylation sites (N-methyl/N-ethyl adjacent to an activating group) is 1. The molecule has 0 aliphatic heterocycles. The number of hydrogen-bond donors (Lipinski definition) is 1. The third kappa shape index (κ3) is 6.35. The van der Waals surface area contributed by atoms with Gasteiger partial charge in [-0.1, -0.05) is 0 Å². The van der Waals surface area contributed by atoms with E-state index in [1.54, 1.807) is 7.11 Å². The Morgan fingerprint density at radius 1 is 1.36 bits per heavy atom. The minimum Gasteiger partial charge on any atom is -0.380 e. The Morgan fingerprint density at radius 2 is 2.00 bits per heavy atom. The number of rotatable bonds is 8. The SMILES string of the molecule is CCOCC(CCC(C)(C)OC)NC. The summed E-state index contributed by atoms with van der Waals surface area (Å²) in [4.78, 5) is 0. The van der Waals surface area contributed by atoms with Crippen LogP contribution in [0.5, 0.6) is 0 Å². The summed E-state index contributed by atoms with van der Waals surface area (Å²) in [5.74, 6) is 0. The largest absolute Gasteiger partial charge is 0.380 e. The summed E-state index contributed by atoms with van der Waals surface area (Å²) in [6.45, 7) is 7.81. The van der Waals surface area contributed by atoms with E-state index in [0.29, 0.717) is 6.04 Å². The molecule has 3 heteroatoms. The van der Waals surface area contributed by atoms with Crippen LogP contribution in [0.3, 0.4) is 0 Å². The van der Waals surface area contributed by atoms with Crippen LogP contribution < -0.4 is 5.32 Å². The Bertz CT molecular complexity index is 137. The third-order valence-corrected chi connectivity index (χ3v) is 2.58. The summed E-state index contributed by atoms with van der Waals surface area (Å²) in [5.41, 5.74) is -0.0265. The molecule has 1 N–H and O–H groups in total. The van der Waals surface area contributed by atoms with Crippen LogP contribution in [-0.2, 0) is 9.47 Å². The summed E-state index contributed by atoms with van der Waals surface area (Å²) in [6, 6.07) is 0.435. The monoisotopic (exact) mass is 203 g/mol.